The summed E-state index contributed by atoms with van der Waals surface area (Å²) in [4.78, 5) is 24.4. The van der Waals surface area contributed by atoms with E-state index in [1.54, 1.807) is 4.52 Å². The molecule has 0 atom stereocenters. The Morgan fingerprint density at radius 3 is 2.60 bits per heavy atom. The molecule has 0 saturated carbocycles. The first-order valence-electron chi connectivity index (χ1n) is 10.5. The Labute approximate surface area is 174 Å². The lowest BCUT2D eigenvalue weighted by atomic mass is 9.93. The summed E-state index contributed by atoms with van der Waals surface area (Å²) in [7, 11) is 0. The van der Waals surface area contributed by atoms with E-state index in [0.717, 1.165) is 55.1 Å². The van der Waals surface area contributed by atoms with Crippen molar-refractivity contribution in [1.82, 2.24) is 34.1 Å². The van der Waals surface area contributed by atoms with Crippen molar-refractivity contribution in [2.45, 2.75) is 39.5 Å². The molecule has 5 heterocycles. The minimum atomic E-state index is -0.189. The van der Waals surface area contributed by atoms with Gasteiger partial charge in [-0.15, -0.1) is 0 Å². The molecule has 8 heteroatoms. The third-order valence-corrected chi connectivity index (χ3v) is 6.01. The van der Waals surface area contributed by atoms with Crippen molar-refractivity contribution in [3.8, 4) is 11.4 Å². The number of rotatable bonds is 3. The Balaban J connectivity index is 1.52. The molecule has 30 heavy (non-hydrogen) atoms. The zero-order valence-electron chi connectivity index (χ0n) is 17.5. The lowest BCUT2D eigenvalue weighted by Gasteiger charge is -2.30. The van der Waals surface area contributed by atoms with Gasteiger partial charge in [0.1, 0.15) is 5.69 Å². The van der Waals surface area contributed by atoms with E-state index in [2.05, 4.69) is 32.0 Å². The van der Waals surface area contributed by atoms with E-state index in [0.29, 0.717) is 23.0 Å². The van der Waals surface area contributed by atoms with Gasteiger partial charge in [-0.05, 0) is 64.5 Å². The Kier molecular flexibility index (Phi) is 4.58. The van der Waals surface area contributed by atoms with Gasteiger partial charge in [-0.3, -0.25) is 9.78 Å². The average Bonchev–Trinajstić information content (AvgIpc) is 3.18. The number of piperidine rings is 1. The first kappa shape index (κ1) is 18.9. The number of nitrogens with zero attached hydrogens (tertiary/aromatic N) is 7. The van der Waals surface area contributed by atoms with E-state index in [4.69, 9.17) is 0 Å². The highest BCUT2D eigenvalue weighted by molar-refractivity contribution is 5.65. The van der Waals surface area contributed by atoms with E-state index in [9.17, 15) is 4.79 Å². The molecule has 1 fully saturated rings. The van der Waals surface area contributed by atoms with E-state index < -0.39 is 0 Å². The monoisotopic (exact) mass is 403 g/mol. The molecule has 0 unspecified atom stereocenters. The van der Waals surface area contributed by atoms with Crippen LogP contribution in [0.5, 0.6) is 0 Å². The van der Waals surface area contributed by atoms with E-state index in [1.807, 2.05) is 38.2 Å². The summed E-state index contributed by atoms with van der Waals surface area (Å²) >= 11 is 0. The molecule has 154 valence electrons. The highest BCUT2D eigenvalue weighted by Crippen LogP contribution is 2.26. The number of fused-ring (bicyclic) bond motifs is 2. The zero-order chi connectivity index (χ0) is 20.8. The maximum absolute atomic E-state index is 12.8. The first-order valence-corrected chi connectivity index (χ1v) is 10.5. The predicted molar refractivity (Wildman–Crippen MR) is 115 cm³/mol. The second kappa shape index (κ2) is 7.28. The minimum Gasteiger partial charge on any atom is -0.304 e. The van der Waals surface area contributed by atoms with E-state index in [1.165, 1.54) is 10.6 Å². The lowest BCUT2D eigenvalue weighted by molar-refractivity contribution is 0.220. The lowest BCUT2D eigenvalue weighted by Crippen LogP contribution is -2.33. The van der Waals surface area contributed by atoms with Gasteiger partial charge >= 0.3 is 0 Å². The first-order chi connectivity index (χ1) is 14.5. The zero-order valence-corrected chi connectivity index (χ0v) is 17.5. The average molecular weight is 403 g/mol. The van der Waals surface area contributed by atoms with Gasteiger partial charge in [0.2, 0.25) is 0 Å². The quantitative estimate of drug-likeness (QED) is 0.523. The summed E-state index contributed by atoms with van der Waals surface area (Å²) in [6, 6.07) is 7.34. The second-order valence-electron chi connectivity index (χ2n) is 8.04. The summed E-state index contributed by atoms with van der Waals surface area (Å²) in [6.07, 6.45) is 4.01. The smallest absolute Gasteiger partial charge is 0.275 e. The molecule has 1 aliphatic heterocycles. The van der Waals surface area contributed by atoms with Crippen LogP contribution < -0.4 is 5.56 Å². The normalized spacial score (nSPS) is 16.0. The largest absolute Gasteiger partial charge is 0.304 e. The second-order valence-corrected chi connectivity index (χ2v) is 8.04. The van der Waals surface area contributed by atoms with Crippen molar-refractivity contribution in [2.75, 3.05) is 19.6 Å². The molecule has 0 aliphatic carbocycles. The molecule has 0 radical (unpaired) electrons. The summed E-state index contributed by atoms with van der Waals surface area (Å²) in [5, 5.41) is 9.24. The molecule has 1 saturated heterocycles. The van der Waals surface area contributed by atoms with Crippen molar-refractivity contribution in [3.05, 3.63) is 57.9 Å². The molecule has 8 nitrogen and oxygen atoms in total. The van der Waals surface area contributed by atoms with Gasteiger partial charge in [-0.1, -0.05) is 6.92 Å². The molecule has 0 amide bonds. The van der Waals surface area contributed by atoms with Gasteiger partial charge in [0.25, 0.3) is 5.56 Å². The Bertz CT molecular complexity index is 1300. The molecule has 0 N–H and O–H groups in total. The third kappa shape index (κ3) is 3.27. The van der Waals surface area contributed by atoms with Crippen molar-refractivity contribution in [3.63, 3.8) is 0 Å². The van der Waals surface area contributed by atoms with E-state index in [-0.39, 0.29) is 5.56 Å². The molecular formula is C22H25N7O. The van der Waals surface area contributed by atoms with Gasteiger partial charge in [0.05, 0.1) is 34.5 Å². The highest BCUT2D eigenvalue weighted by Gasteiger charge is 2.21. The van der Waals surface area contributed by atoms with E-state index >= 15 is 0 Å². The molecule has 4 aromatic rings. The Morgan fingerprint density at radius 2 is 1.83 bits per heavy atom. The van der Waals surface area contributed by atoms with Crippen LogP contribution in [0.4, 0.5) is 0 Å². The molecule has 0 aromatic carbocycles. The summed E-state index contributed by atoms with van der Waals surface area (Å²) < 4.78 is 3.21. The Hall–Kier alpha value is -3.13. The fraction of sp³-hybridized carbons (Fsp3) is 0.409. The summed E-state index contributed by atoms with van der Waals surface area (Å²) in [6.45, 7) is 9.32. The molecule has 4 aromatic heterocycles. The molecule has 0 bridgehead atoms. The van der Waals surface area contributed by atoms with Crippen LogP contribution >= 0.6 is 0 Å². The van der Waals surface area contributed by atoms with Crippen LogP contribution in [0.3, 0.4) is 0 Å². The number of likely N-dealkylation sites (tertiary alicyclic amines) is 1. The van der Waals surface area contributed by atoms with Crippen LogP contribution in [-0.4, -0.2) is 53.7 Å². The number of aryl methyl sites for hydroxylation is 2. The summed E-state index contributed by atoms with van der Waals surface area (Å²) in [5.41, 5.74) is 5.22. The topological polar surface area (TPSA) is 80.7 Å². The van der Waals surface area contributed by atoms with Crippen molar-refractivity contribution < 1.29 is 0 Å². The number of hydrogen-bond donors (Lipinski definition) is 0. The van der Waals surface area contributed by atoms with Crippen molar-refractivity contribution >= 4 is 11.2 Å². The predicted octanol–water partition coefficient (Wildman–Crippen LogP) is 2.62. The molecule has 5 rings (SSSR count). The van der Waals surface area contributed by atoms with Crippen LogP contribution in [0.15, 0.2) is 35.3 Å². The van der Waals surface area contributed by atoms with Crippen molar-refractivity contribution in [2.24, 2.45) is 0 Å². The summed E-state index contributed by atoms with van der Waals surface area (Å²) in [5.74, 6) is 0.390. The van der Waals surface area contributed by atoms with Crippen LogP contribution in [0, 0.1) is 13.8 Å². The van der Waals surface area contributed by atoms with Gasteiger partial charge in [0, 0.05) is 12.0 Å². The SMILES string of the molecule is CCN1CCC(c2ccc3nc(-c4cc5c(C)nc(C)cn5n4)cc(=O)n3n2)CC1. The van der Waals surface area contributed by atoms with Gasteiger partial charge in [0.15, 0.2) is 5.65 Å². The number of aromatic nitrogens is 6. The fourth-order valence-electron chi connectivity index (χ4n) is 4.32. The van der Waals surface area contributed by atoms with Crippen LogP contribution in [0.2, 0.25) is 0 Å². The Morgan fingerprint density at radius 1 is 1.03 bits per heavy atom. The third-order valence-electron chi connectivity index (χ3n) is 6.01. The van der Waals surface area contributed by atoms with Crippen molar-refractivity contribution in [1.29, 1.82) is 0 Å². The standard InChI is InChI=1S/C22H25N7O/c1-4-27-9-7-16(8-10-27)17-5-6-21-24-18(12-22(30)29(21)26-17)19-11-20-15(3)23-14(2)13-28(20)25-19/h5-6,11-13,16H,4,7-10H2,1-3H3. The maximum Gasteiger partial charge on any atom is 0.275 e. The van der Waals surface area contributed by atoms with Crippen LogP contribution in [0.1, 0.15) is 42.8 Å². The van der Waals surface area contributed by atoms with Gasteiger partial charge in [-0.25, -0.2) is 9.50 Å². The van der Waals surface area contributed by atoms with Gasteiger partial charge < -0.3 is 4.90 Å². The molecular weight excluding hydrogens is 378 g/mol. The fourth-order valence-corrected chi connectivity index (χ4v) is 4.32. The van der Waals surface area contributed by atoms with Crippen LogP contribution in [0.25, 0.3) is 22.6 Å². The molecule has 0 spiro atoms. The molecule has 1 aliphatic rings. The highest BCUT2D eigenvalue weighted by atomic mass is 16.1. The number of hydrogen-bond acceptors (Lipinski definition) is 6. The minimum absolute atomic E-state index is 0.189. The van der Waals surface area contributed by atoms with Gasteiger partial charge in [-0.2, -0.15) is 14.7 Å². The van der Waals surface area contributed by atoms with Crippen LogP contribution in [-0.2, 0) is 0 Å². The maximum atomic E-state index is 12.8.